The number of aryl methyl sites for hydroxylation is 1. The van der Waals surface area contributed by atoms with Crippen molar-refractivity contribution in [3.8, 4) is 17.6 Å². The Morgan fingerprint density at radius 2 is 1.96 bits per heavy atom. The number of hydrogen-bond donors (Lipinski definition) is 1. The number of carbonyl (C=O) groups excluding carboxylic acids is 1. The Morgan fingerprint density at radius 3 is 2.54 bits per heavy atom. The number of nitrogens with zero attached hydrogens (tertiary/aromatic N) is 1. The van der Waals surface area contributed by atoms with Crippen molar-refractivity contribution >= 4 is 23.2 Å². The highest BCUT2D eigenvalue weighted by molar-refractivity contribution is 6.31. The summed E-state index contributed by atoms with van der Waals surface area (Å²) in [7, 11) is 1.51. The summed E-state index contributed by atoms with van der Waals surface area (Å²) in [5.74, 6) is 0.666. The number of amides is 1. The van der Waals surface area contributed by atoms with Gasteiger partial charge in [0.15, 0.2) is 6.10 Å². The van der Waals surface area contributed by atoms with Crippen LogP contribution < -0.4 is 14.8 Å². The van der Waals surface area contributed by atoms with Crippen LogP contribution in [0.4, 0.5) is 5.69 Å². The number of methoxy groups -OCH3 is 1. The van der Waals surface area contributed by atoms with E-state index in [4.69, 9.17) is 26.3 Å². The van der Waals surface area contributed by atoms with E-state index in [1.807, 2.05) is 13.0 Å². The van der Waals surface area contributed by atoms with Crippen molar-refractivity contribution in [2.45, 2.75) is 20.0 Å². The lowest BCUT2D eigenvalue weighted by molar-refractivity contribution is -0.122. The largest absolute Gasteiger partial charge is 0.495 e. The molecule has 2 aromatic carbocycles. The highest BCUT2D eigenvalue weighted by Crippen LogP contribution is 2.31. The third kappa shape index (κ3) is 4.18. The first-order valence-electron chi connectivity index (χ1n) is 7.26. The summed E-state index contributed by atoms with van der Waals surface area (Å²) in [5.41, 5.74) is 1.88. The minimum Gasteiger partial charge on any atom is -0.495 e. The molecule has 0 unspecified atom stereocenters. The lowest BCUT2D eigenvalue weighted by Crippen LogP contribution is -2.30. The zero-order valence-corrected chi connectivity index (χ0v) is 14.3. The van der Waals surface area contributed by atoms with E-state index in [1.165, 1.54) is 7.11 Å². The van der Waals surface area contributed by atoms with Crippen LogP contribution in [0, 0.1) is 18.3 Å². The number of hydrogen-bond acceptors (Lipinski definition) is 4. The molecule has 24 heavy (non-hydrogen) atoms. The van der Waals surface area contributed by atoms with Crippen molar-refractivity contribution in [3.05, 3.63) is 52.5 Å². The molecule has 0 spiro atoms. The first kappa shape index (κ1) is 17.6. The van der Waals surface area contributed by atoms with E-state index in [1.54, 1.807) is 43.3 Å². The van der Waals surface area contributed by atoms with Gasteiger partial charge in [-0.05, 0) is 49.7 Å². The summed E-state index contributed by atoms with van der Waals surface area (Å²) < 4.78 is 10.8. The number of nitriles is 1. The van der Waals surface area contributed by atoms with Crippen LogP contribution in [0.2, 0.25) is 5.02 Å². The molecular weight excluding hydrogens is 328 g/mol. The number of ether oxygens (including phenoxy) is 2. The minimum absolute atomic E-state index is 0.320. The molecule has 0 fully saturated rings. The second-order valence-corrected chi connectivity index (χ2v) is 5.59. The molecule has 1 atom stereocenters. The normalized spacial score (nSPS) is 11.3. The van der Waals surface area contributed by atoms with Crippen LogP contribution in [0.3, 0.4) is 0 Å². The molecule has 5 nitrogen and oxygen atoms in total. The lowest BCUT2D eigenvalue weighted by Gasteiger charge is -2.17. The standard InChI is InChI=1S/C18H17ClN2O3/c1-11-8-16(17(23-3)9-15(11)19)21-18(22)12(2)24-14-6-4-13(10-20)5-7-14/h4-9,12H,1-3H3,(H,21,22)/t12-/m0/s1. The molecular formula is C18H17ClN2O3. The molecule has 0 saturated carbocycles. The Balaban J connectivity index is 2.08. The van der Waals surface area contributed by atoms with E-state index in [-0.39, 0.29) is 5.91 Å². The lowest BCUT2D eigenvalue weighted by atomic mass is 10.2. The maximum atomic E-state index is 12.3. The van der Waals surface area contributed by atoms with Crippen molar-refractivity contribution in [2.75, 3.05) is 12.4 Å². The maximum Gasteiger partial charge on any atom is 0.265 e. The summed E-state index contributed by atoms with van der Waals surface area (Å²) in [5, 5.41) is 12.1. The zero-order chi connectivity index (χ0) is 17.7. The summed E-state index contributed by atoms with van der Waals surface area (Å²) in [6, 6.07) is 12.0. The van der Waals surface area contributed by atoms with Crippen LogP contribution in [0.1, 0.15) is 18.1 Å². The van der Waals surface area contributed by atoms with E-state index < -0.39 is 6.10 Å². The van der Waals surface area contributed by atoms with E-state index in [9.17, 15) is 4.79 Å². The van der Waals surface area contributed by atoms with Crippen LogP contribution >= 0.6 is 11.6 Å². The second kappa shape index (κ2) is 7.71. The van der Waals surface area contributed by atoms with Crippen LogP contribution in [0.5, 0.6) is 11.5 Å². The monoisotopic (exact) mass is 344 g/mol. The Bertz CT molecular complexity index is 782. The van der Waals surface area contributed by atoms with Gasteiger partial charge in [-0.15, -0.1) is 0 Å². The van der Waals surface area contributed by atoms with Crippen molar-refractivity contribution < 1.29 is 14.3 Å². The van der Waals surface area contributed by atoms with Gasteiger partial charge < -0.3 is 14.8 Å². The smallest absolute Gasteiger partial charge is 0.265 e. The summed E-state index contributed by atoms with van der Waals surface area (Å²) >= 11 is 6.06. The SMILES string of the molecule is COc1cc(Cl)c(C)cc1NC(=O)[C@H](C)Oc1ccc(C#N)cc1. The van der Waals surface area contributed by atoms with Crippen LogP contribution in [-0.2, 0) is 4.79 Å². The van der Waals surface area contributed by atoms with E-state index in [2.05, 4.69) is 5.32 Å². The van der Waals surface area contributed by atoms with Crippen LogP contribution in [0.25, 0.3) is 0 Å². The molecule has 0 aliphatic heterocycles. The van der Waals surface area contributed by atoms with Crippen molar-refractivity contribution in [1.29, 1.82) is 5.26 Å². The van der Waals surface area contributed by atoms with Gasteiger partial charge in [0.25, 0.3) is 5.91 Å². The van der Waals surface area contributed by atoms with Crippen molar-refractivity contribution in [1.82, 2.24) is 0 Å². The molecule has 0 bridgehead atoms. The zero-order valence-electron chi connectivity index (χ0n) is 13.6. The van der Waals surface area contributed by atoms with Gasteiger partial charge in [-0.2, -0.15) is 5.26 Å². The number of anilines is 1. The third-order valence-corrected chi connectivity index (χ3v) is 3.81. The van der Waals surface area contributed by atoms with Gasteiger partial charge in [-0.25, -0.2) is 0 Å². The molecule has 2 aromatic rings. The summed E-state index contributed by atoms with van der Waals surface area (Å²) in [6.07, 6.45) is -0.723. The minimum atomic E-state index is -0.723. The van der Waals surface area contributed by atoms with Crippen molar-refractivity contribution in [3.63, 3.8) is 0 Å². The molecule has 0 radical (unpaired) electrons. The highest BCUT2D eigenvalue weighted by Gasteiger charge is 2.17. The molecule has 1 amide bonds. The van der Waals surface area contributed by atoms with Crippen molar-refractivity contribution in [2.24, 2.45) is 0 Å². The molecule has 0 saturated heterocycles. The fourth-order valence-corrected chi connectivity index (χ4v) is 2.18. The molecule has 1 N–H and O–H groups in total. The molecule has 0 aliphatic carbocycles. The van der Waals surface area contributed by atoms with E-state index >= 15 is 0 Å². The molecule has 2 rings (SSSR count). The van der Waals surface area contributed by atoms with E-state index in [0.717, 1.165) is 5.56 Å². The predicted octanol–water partition coefficient (Wildman–Crippen LogP) is 3.93. The summed E-state index contributed by atoms with van der Waals surface area (Å²) in [6.45, 7) is 3.48. The number of benzene rings is 2. The van der Waals surface area contributed by atoms with Gasteiger partial charge in [-0.3, -0.25) is 4.79 Å². The van der Waals surface area contributed by atoms with Gasteiger partial charge in [0.2, 0.25) is 0 Å². The molecule has 6 heteroatoms. The van der Waals surface area contributed by atoms with Gasteiger partial charge >= 0.3 is 0 Å². The Kier molecular flexibility index (Phi) is 5.67. The van der Waals surface area contributed by atoms with Crippen LogP contribution in [0.15, 0.2) is 36.4 Å². The Labute approximate surface area is 145 Å². The van der Waals surface area contributed by atoms with Gasteiger partial charge in [0.1, 0.15) is 11.5 Å². The number of rotatable bonds is 5. The fourth-order valence-electron chi connectivity index (χ4n) is 2.03. The Morgan fingerprint density at radius 1 is 1.29 bits per heavy atom. The highest BCUT2D eigenvalue weighted by atomic mass is 35.5. The van der Waals surface area contributed by atoms with Gasteiger partial charge in [0.05, 0.1) is 24.4 Å². The maximum absolute atomic E-state index is 12.3. The summed E-state index contributed by atoms with van der Waals surface area (Å²) in [4.78, 5) is 12.3. The number of carbonyl (C=O) groups is 1. The van der Waals surface area contributed by atoms with Gasteiger partial charge in [-0.1, -0.05) is 11.6 Å². The average molecular weight is 345 g/mol. The van der Waals surface area contributed by atoms with Gasteiger partial charge in [0, 0.05) is 11.1 Å². The topological polar surface area (TPSA) is 71.3 Å². The number of nitrogens with one attached hydrogen (secondary N) is 1. The predicted molar refractivity (Wildman–Crippen MR) is 92.6 cm³/mol. The second-order valence-electron chi connectivity index (χ2n) is 5.19. The number of halogens is 1. The molecule has 0 heterocycles. The Hall–Kier alpha value is -2.71. The fraction of sp³-hybridized carbons (Fsp3) is 0.222. The quantitative estimate of drug-likeness (QED) is 0.891. The van der Waals surface area contributed by atoms with Crippen LogP contribution in [-0.4, -0.2) is 19.1 Å². The molecule has 0 aliphatic rings. The first-order chi connectivity index (χ1) is 11.4. The molecule has 0 aromatic heterocycles. The molecule has 124 valence electrons. The average Bonchev–Trinajstić information content (AvgIpc) is 2.58. The first-order valence-corrected chi connectivity index (χ1v) is 7.64. The third-order valence-electron chi connectivity index (χ3n) is 3.40. The van der Waals surface area contributed by atoms with E-state index in [0.29, 0.717) is 27.8 Å².